The minimum absolute atomic E-state index is 0.0860. The van der Waals surface area contributed by atoms with Crippen molar-refractivity contribution in [2.75, 3.05) is 11.9 Å². The molecule has 2 aromatic rings. The molecule has 8 nitrogen and oxygen atoms in total. The maximum absolute atomic E-state index is 11.0. The van der Waals surface area contributed by atoms with Crippen LogP contribution in [0.5, 0.6) is 0 Å². The number of aryl methyl sites for hydroxylation is 1. The van der Waals surface area contributed by atoms with E-state index in [2.05, 4.69) is 31.1 Å². The molecule has 0 spiro atoms. The smallest absolute Gasteiger partial charge is 0.312 e. The van der Waals surface area contributed by atoms with Gasteiger partial charge in [-0.25, -0.2) is 4.98 Å². The largest absolute Gasteiger partial charge is 0.345 e. The van der Waals surface area contributed by atoms with Gasteiger partial charge in [0, 0.05) is 30.2 Å². The standard InChI is InChI=1S/C11H12BrN5O3/c1-3-9-14-10(20-15-9)6-16(2)11-8(17(18)19)4-7(12)5-13-11/h4-5H,3,6H2,1-2H3. The summed E-state index contributed by atoms with van der Waals surface area (Å²) in [6, 6.07) is 1.41. The quantitative estimate of drug-likeness (QED) is 0.607. The van der Waals surface area contributed by atoms with Gasteiger partial charge in [0.15, 0.2) is 5.82 Å². The lowest BCUT2D eigenvalue weighted by atomic mass is 10.3. The molecule has 2 aromatic heterocycles. The lowest BCUT2D eigenvalue weighted by molar-refractivity contribution is -0.384. The Kier molecular flexibility index (Phi) is 4.28. The van der Waals surface area contributed by atoms with Crippen molar-refractivity contribution in [3.8, 4) is 0 Å². The van der Waals surface area contributed by atoms with E-state index in [0.29, 0.717) is 22.6 Å². The molecule has 0 aliphatic heterocycles. The van der Waals surface area contributed by atoms with Crippen LogP contribution in [0.3, 0.4) is 0 Å². The van der Waals surface area contributed by atoms with E-state index in [4.69, 9.17) is 4.52 Å². The Bertz CT molecular complexity index is 630. The van der Waals surface area contributed by atoms with Crippen LogP contribution >= 0.6 is 15.9 Å². The molecule has 0 unspecified atom stereocenters. The Hall–Kier alpha value is -2.03. The first-order valence-corrected chi connectivity index (χ1v) is 6.63. The summed E-state index contributed by atoms with van der Waals surface area (Å²) in [5, 5.41) is 14.8. The van der Waals surface area contributed by atoms with E-state index >= 15 is 0 Å². The third-order valence-electron chi connectivity index (χ3n) is 2.57. The van der Waals surface area contributed by atoms with Gasteiger partial charge in [0.25, 0.3) is 0 Å². The second-order valence-electron chi connectivity index (χ2n) is 4.07. The van der Waals surface area contributed by atoms with Crippen molar-refractivity contribution in [1.82, 2.24) is 15.1 Å². The molecule has 0 aliphatic rings. The van der Waals surface area contributed by atoms with Crippen molar-refractivity contribution in [1.29, 1.82) is 0 Å². The number of pyridine rings is 1. The first kappa shape index (κ1) is 14.4. The molecule has 0 saturated carbocycles. The normalized spacial score (nSPS) is 10.6. The zero-order chi connectivity index (χ0) is 14.7. The van der Waals surface area contributed by atoms with Crippen molar-refractivity contribution in [2.24, 2.45) is 0 Å². The molecule has 0 aliphatic carbocycles. The fourth-order valence-corrected chi connectivity index (χ4v) is 1.94. The van der Waals surface area contributed by atoms with Crippen molar-refractivity contribution < 1.29 is 9.45 Å². The van der Waals surface area contributed by atoms with E-state index in [0.717, 1.165) is 0 Å². The first-order chi connectivity index (χ1) is 9.51. The number of nitrogens with zero attached hydrogens (tertiary/aromatic N) is 5. The number of hydrogen-bond acceptors (Lipinski definition) is 7. The van der Waals surface area contributed by atoms with E-state index in [1.54, 1.807) is 11.9 Å². The number of hydrogen-bond donors (Lipinski definition) is 0. The molecule has 106 valence electrons. The van der Waals surface area contributed by atoms with Gasteiger partial charge in [-0.15, -0.1) is 0 Å². The molecule has 0 bridgehead atoms. The summed E-state index contributed by atoms with van der Waals surface area (Å²) in [5.74, 6) is 1.24. The predicted octanol–water partition coefficient (Wildman–Crippen LogP) is 2.33. The van der Waals surface area contributed by atoms with Gasteiger partial charge in [-0.2, -0.15) is 4.98 Å². The van der Waals surface area contributed by atoms with E-state index in [1.165, 1.54) is 12.3 Å². The topological polar surface area (TPSA) is 98.2 Å². The van der Waals surface area contributed by atoms with Gasteiger partial charge < -0.3 is 9.42 Å². The summed E-state index contributed by atoms with van der Waals surface area (Å²) >= 11 is 3.17. The summed E-state index contributed by atoms with van der Waals surface area (Å²) in [5.41, 5.74) is -0.0860. The van der Waals surface area contributed by atoms with Gasteiger partial charge in [-0.3, -0.25) is 10.1 Å². The number of nitro groups is 1. The lowest BCUT2D eigenvalue weighted by Crippen LogP contribution is -2.19. The molecule has 0 saturated heterocycles. The third-order valence-corrected chi connectivity index (χ3v) is 3.00. The van der Waals surface area contributed by atoms with Crippen LogP contribution < -0.4 is 4.90 Å². The third kappa shape index (κ3) is 3.10. The number of aromatic nitrogens is 3. The van der Waals surface area contributed by atoms with E-state index < -0.39 is 4.92 Å². The first-order valence-electron chi connectivity index (χ1n) is 5.83. The molecule has 20 heavy (non-hydrogen) atoms. The average molecular weight is 342 g/mol. The summed E-state index contributed by atoms with van der Waals surface area (Å²) < 4.78 is 5.61. The number of rotatable bonds is 5. The van der Waals surface area contributed by atoms with E-state index in [1.807, 2.05) is 6.92 Å². The van der Waals surface area contributed by atoms with Crippen LogP contribution in [0.4, 0.5) is 11.5 Å². The van der Waals surface area contributed by atoms with Crippen molar-refractivity contribution >= 4 is 27.4 Å². The van der Waals surface area contributed by atoms with Gasteiger partial charge in [0.2, 0.25) is 11.7 Å². The van der Waals surface area contributed by atoms with Gasteiger partial charge in [-0.05, 0) is 15.9 Å². The highest BCUT2D eigenvalue weighted by molar-refractivity contribution is 9.10. The van der Waals surface area contributed by atoms with Gasteiger partial charge in [-0.1, -0.05) is 12.1 Å². The molecule has 0 N–H and O–H groups in total. The van der Waals surface area contributed by atoms with Crippen LogP contribution in [-0.4, -0.2) is 27.1 Å². The Morgan fingerprint density at radius 1 is 1.55 bits per heavy atom. The van der Waals surface area contributed by atoms with Gasteiger partial charge in [0.05, 0.1) is 11.5 Å². The zero-order valence-corrected chi connectivity index (χ0v) is 12.5. The van der Waals surface area contributed by atoms with Crippen molar-refractivity contribution in [3.05, 3.63) is 38.6 Å². The van der Waals surface area contributed by atoms with Crippen LogP contribution in [0.1, 0.15) is 18.6 Å². The summed E-state index contributed by atoms with van der Waals surface area (Å²) in [7, 11) is 1.68. The highest BCUT2D eigenvalue weighted by Gasteiger charge is 2.21. The number of halogens is 1. The molecular formula is C11H12BrN5O3. The minimum Gasteiger partial charge on any atom is -0.345 e. The van der Waals surface area contributed by atoms with E-state index in [9.17, 15) is 10.1 Å². The fourth-order valence-electron chi connectivity index (χ4n) is 1.63. The Labute approximate surface area is 123 Å². The van der Waals surface area contributed by atoms with Crippen molar-refractivity contribution in [2.45, 2.75) is 19.9 Å². The van der Waals surface area contributed by atoms with Crippen LogP contribution in [0, 0.1) is 10.1 Å². The highest BCUT2D eigenvalue weighted by atomic mass is 79.9. The number of anilines is 1. The van der Waals surface area contributed by atoms with E-state index in [-0.39, 0.29) is 18.1 Å². The highest BCUT2D eigenvalue weighted by Crippen LogP contribution is 2.28. The SMILES string of the molecule is CCc1noc(CN(C)c2ncc(Br)cc2[N+](=O)[O-])n1. The summed E-state index contributed by atoms with van der Waals surface area (Å²) in [6.07, 6.45) is 2.17. The van der Waals surface area contributed by atoms with Crippen LogP contribution in [-0.2, 0) is 13.0 Å². The predicted molar refractivity (Wildman–Crippen MR) is 74.4 cm³/mol. The molecule has 0 amide bonds. The van der Waals surface area contributed by atoms with Crippen LogP contribution in [0.25, 0.3) is 0 Å². The second kappa shape index (κ2) is 5.95. The molecule has 0 aromatic carbocycles. The minimum atomic E-state index is -0.477. The lowest BCUT2D eigenvalue weighted by Gasteiger charge is -2.15. The maximum atomic E-state index is 11.0. The van der Waals surface area contributed by atoms with Gasteiger partial charge >= 0.3 is 5.69 Å². The average Bonchev–Trinajstić information content (AvgIpc) is 2.86. The second-order valence-corrected chi connectivity index (χ2v) is 4.98. The molecule has 0 radical (unpaired) electrons. The van der Waals surface area contributed by atoms with Crippen molar-refractivity contribution in [3.63, 3.8) is 0 Å². The molecular weight excluding hydrogens is 330 g/mol. The monoisotopic (exact) mass is 341 g/mol. The zero-order valence-electron chi connectivity index (χ0n) is 10.9. The molecule has 2 rings (SSSR count). The van der Waals surface area contributed by atoms with Crippen LogP contribution in [0.15, 0.2) is 21.3 Å². The van der Waals surface area contributed by atoms with Gasteiger partial charge in [0.1, 0.15) is 0 Å². The molecule has 2 heterocycles. The fraction of sp³-hybridized carbons (Fsp3) is 0.364. The molecule has 9 heteroatoms. The molecule has 0 atom stereocenters. The van der Waals surface area contributed by atoms with Crippen LogP contribution in [0.2, 0.25) is 0 Å². The summed E-state index contributed by atoms with van der Waals surface area (Å²) in [6.45, 7) is 2.17. The maximum Gasteiger partial charge on any atom is 0.312 e. The Morgan fingerprint density at radius 2 is 2.30 bits per heavy atom. The summed E-state index contributed by atoms with van der Waals surface area (Å²) in [4.78, 5) is 20.4. The Balaban J connectivity index is 2.24. The Morgan fingerprint density at radius 3 is 2.90 bits per heavy atom. The molecule has 0 fully saturated rings.